The predicted molar refractivity (Wildman–Crippen MR) is 136 cm³/mol. The molecule has 0 bridgehead atoms. The molecule has 0 radical (unpaired) electrons. The summed E-state index contributed by atoms with van der Waals surface area (Å²) in [5, 5.41) is 6.00. The first kappa shape index (κ1) is 24.3. The summed E-state index contributed by atoms with van der Waals surface area (Å²) in [5.74, 6) is 1.88. The van der Waals surface area contributed by atoms with E-state index in [1.807, 2.05) is 12.1 Å². The molecular weight excluding hydrogens is 475 g/mol. The molecule has 1 fully saturated rings. The number of hydrogen-bond donors (Lipinski definition) is 1. The van der Waals surface area contributed by atoms with Gasteiger partial charge in [-0.3, -0.25) is 9.78 Å². The van der Waals surface area contributed by atoms with Crippen molar-refractivity contribution in [1.29, 1.82) is 0 Å². The highest BCUT2D eigenvalue weighted by Crippen LogP contribution is 2.45. The maximum absolute atomic E-state index is 11.9. The van der Waals surface area contributed by atoms with Gasteiger partial charge in [0.15, 0.2) is 5.78 Å². The number of carbonyl (C=O) groups is 1. The number of ketones is 1. The number of pyridine rings is 2. The average Bonchev–Trinajstić information content (AvgIpc) is 3.17. The number of aromatic nitrogens is 2. The SMILES string of the molecule is C=CC(=O)C[C@H]1CN(C)C[C@H]1Nc1cc2cnc(-c3c(Cl)c(OC)cc(OC)c3Cl)cc2cn1. The number of nitrogens with zero attached hydrogens (tertiary/aromatic N) is 3. The summed E-state index contributed by atoms with van der Waals surface area (Å²) >= 11 is 13.1. The Kier molecular flexibility index (Phi) is 7.26. The van der Waals surface area contributed by atoms with E-state index in [4.69, 9.17) is 32.7 Å². The van der Waals surface area contributed by atoms with Crippen LogP contribution >= 0.6 is 23.2 Å². The summed E-state index contributed by atoms with van der Waals surface area (Å²) in [6, 6.07) is 5.59. The number of allylic oxidation sites excluding steroid dienone is 1. The number of methoxy groups -OCH3 is 2. The van der Waals surface area contributed by atoms with Crippen LogP contribution in [0.25, 0.3) is 22.0 Å². The van der Waals surface area contributed by atoms with Crippen molar-refractivity contribution in [3.05, 3.63) is 53.3 Å². The van der Waals surface area contributed by atoms with E-state index >= 15 is 0 Å². The molecule has 4 rings (SSSR count). The number of halogens is 2. The van der Waals surface area contributed by atoms with Gasteiger partial charge < -0.3 is 19.7 Å². The Balaban J connectivity index is 1.63. The van der Waals surface area contributed by atoms with E-state index in [1.165, 1.54) is 20.3 Å². The number of carbonyl (C=O) groups excluding carboxylic acids is 1. The Labute approximate surface area is 208 Å². The number of hydrogen-bond acceptors (Lipinski definition) is 7. The lowest BCUT2D eigenvalue weighted by Gasteiger charge is -2.20. The summed E-state index contributed by atoms with van der Waals surface area (Å²) in [5.41, 5.74) is 1.12. The number of rotatable bonds is 8. The second-order valence-corrected chi connectivity index (χ2v) is 9.13. The van der Waals surface area contributed by atoms with E-state index in [0.717, 1.165) is 29.7 Å². The van der Waals surface area contributed by atoms with Gasteiger partial charge in [0, 0.05) is 66.3 Å². The molecule has 3 heterocycles. The first-order valence-corrected chi connectivity index (χ1v) is 11.6. The number of anilines is 1. The lowest BCUT2D eigenvalue weighted by atomic mass is 9.97. The molecule has 0 amide bonds. The second kappa shape index (κ2) is 10.2. The van der Waals surface area contributed by atoms with Crippen LogP contribution in [0.5, 0.6) is 11.5 Å². The maximum Gasteiger partial charge on any atom is 0.155 e. The Hall–Kier alpha value is -2.87. The monoisotopic (exact) mass is 500 g/mol. The fourth-order valence-electron chi connectivity index (χ4n) is 4.35. The Bertz CT molecular complexity index is 1220. The van der Waals surface area contributed by atoms with Crippen LogP contribution in [0.15, 0.2) is 43.2 Å². The minimum Gasteiger partial charge on any atom is -0.495 e. The van der Waals surface area contributed by atoms with E-state index in [1.54, 1.807) is 18.5 Å². The fraction of sp³-hybridized carbons (Fsp3) is 0.320. The third-order valence-electron chi connectivity index (χ3n) is 6.08. The van der Waals surface area contributed by atoms with Gasteiger partial charge in [-0.1, -0.05) is 29.8 Å². The number of benzene rings is 1. The molecule has 7 nitrogen and oxygen atoms in total. The summed E-state index contributed by atoms with van der Waals surface area (Å²) in [7, 11) is 5.12. The smallest absolute Gasteiger partial charge is 0.155 e. The van der Waals surface area contributed by atoms with Crippen molar-refractivity contribution in [1.82, 2.24) is 14.9 Å². The zero-order valence-corrected chi connectivity index (χ0v) is 20.8. The van der Waals surface area contributed by atoms with E-state index in [9.17, 15) is 4.79 Å². The Morgan fingerprint density at radius 1 is 1.12 bits per heavy atom. The van der Waals surface area contributed by atoms with Crippen molar-refractivity contribution in [3.8, 4) is 22.8 Å². The second-order valence-electron chi connectivity index (χ2n) is 8.38. The third kappa shape index (κ3) is 4.82. The average molecular weight is 501 g/mol. The van der Waals surface area contributed by atoms with Gasteiger partial charge in [0.25, 0.3) is 0 Å². The molecule has 1 aliphatic heterocycles. The van der Waals surface area contributed by atoms with Crippen molar-refractivity contribution < 1.29 is 14.3 Å². The van der Waals surface area contributed by atoms with Crippen molar-refractivity contribution in [3.63, 3.8) is 0 Å². The van der Waals surface area contributed by atoms with Crippen LogP contribution in [-0.4, -0.2) is 61.0 Å². The molecular formula is C25H26Cl2N4O3. The minimum absolute atomic E-state index is 0.0572. The number of likely N-dealkylation sites (tertiary alicyclic amines) is 1. The van der Waals surface area contributed by atoms with Gasteiger partial charge in [-0.15, -0.1) is 0 Å². The molecule has 2 aromatic heterocycles. The Morgan fingerprint density at radius 3 is 2.41 bits per heavy atom. The topological polar surface area (TPSA) is 76.6 Å². The summed E-state index contributed by atoms with van der Waals surface area (Å²) in [6.45, 7) is 5.27. The molecule has 3 aromatic rings. The summed E-state index contributed by atoms with van der Waals surface area (Å²) in [4.78, 5) is 23.3. The van der Waals surface area contributed by atoms with E-state index in [-0.39, 0.29) is 17.7 Å². The summed E-state index contributed by atoms with van der Waals surface area (Å²) in [6.07, 6.45) is 5.40. The number of ether oxygens (including phenoxy) is 2. The molecule has 0 spiro atoms. The highest BCUT2D eigenvalue weighted by atomic mass is 35.5. The lowest BCUT2D eigenvalue weighted by Crippen LogP contribution is -2.30. The van der Waals surface area contributed by atoms with Gasteiger partial charge in [0.2, 0.25) is 0 Å². The van der Waals surface area contributed by atoms with E-state index in [2.05, 4.69) is 33.8 Å². The molecule has 1 N–H and O–H groups in total. The standard InChI is InChI=1S/C25H26Cl2N4O3/c1-5-17(32)6-16-12-31(2)13-19(16)30-22-8-15-10-28-18(7-14(15)11-29-22)23-24(26)20(33-3)9-21(34-4)25(23)27/h5,7-11,16,19H,1,6,12-13H2,2-4H3,(H,29,30)/t16-,19+/m0/s1. The quantitative estimate of drug-likeness (QED) is 0.430. The fourth-order valence-corrected chi connectivity index (χ4v) is 5.05. The molecule has 1 aliphatic rings. The number of fused-ring (bicyclic) bond motifs is 1. The van der Waals surface area contributed by atoms with E-state index < -0.39 is 0 Å². The first-order chi connectivity index (χ1) is 16.3. The van der Waals surface area contributed by atoms with Crippen molar-refractivity contribution >= 4 is 45.6 Å². The molecule has 1 saturated heterocycles. The van der Waals surface area contributed by atoms with E-state index in [0.29, 0.717) is 39.2 Å². The van der Waals surface area contributed by atoms with Crippen LogP contribution in [0.1, 0.15) is 6.42 Å². The predicted octanol–water partition coefficient (Wildman–Crippen LogP) is 5.11. The third-order valence-corrected chi connectivity index (χ3v) is 6.83. The molecule has 34 heavy (non-hydrogen) atoms. The lowest BCUT2D eigenvalue weighted by molar-refractivity contribution is -0.115. The van der Waals surface area contributed by atoms with Crippen molar-refractivity contribution in [2.24, 2.45) is 5.92 Å². The van der Waals surface area contributed by atoms with Gasteiger partial charge in [-0.25, -0.2) is 4.98 Å². The molecule has 178 valence electrons. The van der Waals surface area contributed by atoms with Crippen LogP contribution in [-0.2, 0) is 4.79 Å². The highest BCUT2D eigenvalue weighted by molar-refractivity contribution is 6.41. The van der Waals surface area contributed by atoms with Crippen molar-refractivity contribution in [2.75, 3.05) is 39.7 Å². The molecule has 0 saturated carbocycles. The maximum atomic E-state index is 11.9. The molecule has 9 heteroatoms. The number of nitrogens with one attached hydrogen (secondary N) is 1. The van der Waals surface area contributed by atoms with Gasteiger partial charge in [0.1, 0.15) is 17.3 Å². The van der Waals surface area contributed by atoms with Gasteiger partial charge in [0.05, 0.1) is 30.0 Å². The van der Waals surface area contributed by atoms with Gasteiger partial charge >= 0.3 is 0 Å². The first-order valence-electron chi connectivity index (χ1n) is 10.8. The van der Waals surface area contributed by atoms with Crippen molar-refractivity contribution in [2.45, 2.75) is 12.5 Å². The molecule has 1 aromatic carbocycles. The minimum atomic E-state index is 0.0572. The zero-order chi connectivity index (χ0) is 24.4. The van der Waals surface area contributed by atoms with Crippen LogP contribution < -0.4 is 14.8 Å². The molecule has 0 aliphatic carbocycles. The van der Waals surface area contributed by atoms with Gasteiger partial charge in [-0.2, -0.15) is 0 Å². The van der Waals surface area contributed by atoms with Crippen LogP contribution in [0.2, 0.25) is 10.0 Å². The summed E-state index contributed by atoms with van der Waals surface area (Å²) < 4.78 is 10.7. The van der Waals surface area contributed by atoms with Crippen LogP contribution in [0.3, 0.4) is 0 Å². The molecule has 2 atom stereocenters. The number of likely N-dealkylation sites (N-methyl/N-ethyl adjacent to an activating group) is 1. The Morgan fingerprint density at radius 2 is 1.76 bits per heavy atom. The zero-order valence-electron chi connectivity index (χ0n) is 19.3. The normalized spacial score (nSPS) is 18.1. The largest absolute Gasteiger partial charge is 0.495 e. The highest BCUT2D eigenvalue weighted by Gasteiger charge is 2.32. The van der Waals surface area contributed by atoms with Crippen LogP contribution in [0.4, 0.5) is 5.82 Å². The van der Waals surface area contributed by atoms with Crippen LogP contribution in [0, 0.1) is 5.92 Å². The molecule has 0 unspecified atom stereocenters. The van der Waals surface area contributed by atoms with Gasteiger partial charge in [-0.05, 0) is 25.3 Å².